The van der Waals surface area contributed by atoms with Crippen molar-refractivity contribution in [1.82, 2.24) is 4.90 Å². The largest absolute Gasteiger partial charge is 0.493 e. The lowest BCUT2D eigenvalue weighted by atomic mass is 10.0. The molecular formula is C15H24N2O. The maximum Gasteiger partial charge on any atom is 0.122 e. The molecule has 0 bridgehead atoms. The Hall–Kier alpha value is -1.06. The first-order valence-electron chi connectivity index (χ1n) is 6.84. The summed E-state index contributed by atoms with van der Waals surface area (Å²) in [6, 6.07) is 6.86. The second kappa shape index (κ2) is 6.21. The van der Waals surface area contributed by atoms with E-state index in [0.717, 1.165) is 44.7 Å². The Morgan fingerprint density at radius 2 is 2.28 bits per heavy atom. The second-order valence-electron chi connectivity index (χ2n) is 5.40. The highest BCUT2D eigenvalue weighted by atomic mass is 16.5. The van der Waals surface area contributed by atoms with Crippen molar-refractivity contribution in [1.29, 1.82) is 0 Å². The molecule has 1 unspecified atom stereocenters. The van der Waals surface area contributed by atoms with Crippen molar-refractivity contribution in [3.8, 4) is 5.75 Å². The Labute approximate surface area is 110 Å². The molecule has 1 aromatic carbocycles. The Kier molecular flexibility index (Phi) is 4.61. The standard InChI is InChI=1S/C15H24N2O/c1-12(16)7-8-17(2)11-13-5-6-15-14(10-13)4-3-9-18-15/h5-6,10,12H,3-4,7-9,11,16H2,1-2H3. The highest BCUT2D eigenvalue weighted by molar-refractivity contribution is 5.38. The van der Waals surface area contributed by atoms with Gasteiger partial charge in [0, 0.05) is 12.6 Å². The number of rotatable bonds is 5. The smallest absolute Gasteiger partial charge is 0.122 e. The van der Waals surface area contributed by atoms with Crippen molar-refractivity contribution < 1.29 is 4.74 Å². The van der Waals surface area contributed by atoms with Gasteiger partial charge in [-0.3, -0.25) is 0 Å². The summed E-state index contributed by atoms with van der Waals surface area (Å²) in [5, 5.41) is 0. The van der Waals surface area contributed by atoms with Crippen LogP contribution in [0.5, 0.6) is 5.75 Å². The van der Waals surface area contributed by atoms with Gasteiger partial charge in [-0.2, -0.15) is 0 Å². The summed E-state index contributed by atoms with van der Waals surface area (Å²) in [7, 11) is 2.15. The fourth-order valence-corrected chi connectivity index (χ4v) is 2.33. The first-order chi connectivity index (χ1) is 8.65. The average Bonchev–Trinajstić information content (AvgIpc) is 2.36. The van der Waals surface area contributed by atoms with Crippen LogP contribution in [-0.4, -0.2) is 31.1 Å². The molecule has 0 saturated heterocycles. The minimum Gasteiger partial charge on any atom is -0.493 e. The average molecular weight is 248 g/mol. The van der Waals surface area contributed by atoms with Crippen LogP contribution in [0, 0.1) is 0 Å². The summed E-state index contributed by atoms with van der Waals surface area (Å²) in [6.45, 7) is 4.95. The minimum atomic E-state index is 0.282. The molecule has 0 spiro atoms. The number of hydrogen-bond donors (Lipinski definition) is 1. The van der Waals surface area contributed by atoms with Crippen molar-refractivity contribution >= 4 is 0 Å². The molecule has 1 atom stereocenters. The number of nitrogens with zero attached hydrogens (tertiary/aromatic N) is 1. The highest BCUT2D eigenvalue weighted by Crippen LogP contribution is 2.25. The molecule has 0 amide bonds. The summed E-state index contributed by atoms with van der Waals surface area (Å²) >= 11 is 0. The molecule has 100 valence electrons. The van der Waals surface area contributed by atoms with Crippen LogP contribution < -0.4 is 10.5 Å². The molecule has 0 aliphatic carbocycles. The van der Waals surface area contributed by atoms with Crippen LogP contribution >= 0.6 is 0 Å². The minimum absolute atomic E-state index is 0.282. The molecule has 2 rings (SSSR count). The third kappa shape index (κ3) is 3.72. The summed E-state index contributed by atoms with van der Waals surface area (Å²) in [6.07, 6.45) is 3.33. The van der Waals surface area contributed by atoms with Crippen LogP contribution in [0.25, 0.3) is 0 Å². The Bertz CT molecular complexity index is 390. The van der Waals surface area contributed by atoms with Crippen LogP contribution in [0.1, 0.15) is 30.9 Å². The molecule has 0 aromatic heterocycles. The Morgan fingerprint density at radius 1 is 1.44 bits per heavy atom. The van der Waals surface area contributed by atoms with E-state index in [1.807, 2.05) is 0 Å². The van der Waals surface area contributed by atoms with E-state index < -0.39 is 0 Å². The van der Waals surface area contributed by atoms with Gasteiger partial charge in [0.05, 0.1) is 6.61 Å². The molecule has 1 aliphatic heterocycles. The number of fused-ring (bicyclic) bond motifs is 1. The van der Waals surface area contributed by atoms with Crippen LogP contribution in [0.4, 0.5) is 0 Å². The van der Waals surface area contributed by atoms with Gasteiger partial charge in [-0.15, -0.1) is 0 Å². The van der Waals surface area contributed by atoms with Gasteiger partial charge in [0.25, 0.3) is 0 Å². The van der Waals surface area contributed by atoms with E-state index in [2.05, 4.69) is 37.1 Å². The predicted octanol–water partition coefficient (Wildman–Crippen LogP) is 2.18. The number of nitrogens with two attached hydrogens (primary N) is 1. The zero-order chi connectivity index (χ0) is 13.0. The van der Waals surface area contributed by atoms with Crippen molar-refractivity contribution in [3.05, 3.63) is 29.3 Å². The van der Waals surface area contributed by atoms with E-state index in [4.69, 9.17) is 10.5 Å². The maximum absolute atomic E-state index is 5.78. The molecular weight excluding hydrogens is 224 g/mol. The molecule has 1 heterocycles. The maximum atomic E-state index is 5.78. The Morgan fingerprint density at radius 3 is 3.06 bits per heavy atom. The molecule has 2 N–H and O–H groups in total. The van der Waals surface area contributed by atoms with E-state index in [9.17, 15) is 0 Å². The third-order valence-corrected chi connectivity index (χ3v) is 3.39. The topological polar surface area (TPSA) is 38.5 Å². The van der Waals surface area contributed by atoms with E-state index in [1.165, 1.54) is 11.1 Å². The molecule has 1 aromatic rings. The molecule has 1 aliphatic rings. The van der Waals surface area contributed by atoms with Gasteiger partial charge in [0.2, 0.25) is 0 Å². The van der Waals surface area contributed by atoms with Crippen LogP contribution in [-0.2, 0) is 13.0 Å². The zero-order valence-electron chi connectivity index (χ0n) is 11.5. The molecule has 0 radical (unpaired) electrons. The number of benzene rings is 1. The van der Waals surface area contributed by atoms with E-state index in [1.54, 1.807) is 0 Å². The van der Waals surface area contributed by atoms with Crippen LogP contribution in [0.15, 0.2) is 18.2 Å². The van der Waals surface area contributed by atoms with E-state index >= 15 is 0 Å². The van der Waals surface area contributed by atoms with E-state index in [0.29, 0.717) is 0 Å². The van der Waals surface area contributed by atoms with Gasteiger partial charge < -0.3 is 15.4 Å². The van der Waals surface area contributed by atoms with E-state index in [-0.39, 0.29) is 6.04 Å². The molecule has 3 nitrogen and oxygen atoms in total. The van der Waals surface area contributed by atoms with Crippen molar-refractivity contribution in [2.45, 2.75) is 38.8 Å². The van der Waals surface area contributed by atoms with Gasteiger partial charge in [-0.05, 0) is 57.0 Å². The summed E-state index contributed by atoms with van der Waals surface area (Å²) in [5.74, 6) is 1.07. The predicted molar refractivity (Wildman–Crippen MR) is 74.9 cm³/mol. The fraction of sp³-hybridized carbons (Fsp3) is 0.600. The molecule has 3 heteroatoms. The monoisotopic (exact) mass is 248 g/mol. The van der Waals surface area contributed by atoms with Gasteiger partial charge in [0.1, 0.15) is 5.75 Å². The van der Waals surface area contributed by atoms with Crippen molar-refractivity contribution in [2.75, 3.05) is 20.2 Å². The number of hydrogen-bond acceptors (Lipinski definition) is 3. The van der Waals surface area contributed by atoms with Crippen LogP contribution in [0.2, 0.25) is 0 Å². The lowest BCUT2D eigenvalue weighted by Gasteiger charge is -2.21. The summed E-state index contributed by atoms with van der Waals surface area (Å²) in [5.41, 5.74) is 8.51. The summed E-state index contributed by atoms with van der Waals surface area (Å²) < 4.78 is 5.63. The third-order valence-electron chi connectivity index (χ3n) is 3.39. The van der Waals surface area contributed by atoms with Gasteiger partial charge >= 0.3 is 0 Å². The zero-order valence-corrected chi connectivity index (χ0v) is 11.5. The SMILES string of the molecule is CC(N)CCN(C)Cc1ccc2c(c1)CCCO2. The molecule has 0 saturated carbocycles. The normalized spacial score (nSPS) is 16.2. The molecule has 0 fully saturated rings. The molecule has 18 heavy (non-hydrogen) atoms. The summed E-state index contributed by atoms with van der Waals surface area (Å²) in [4.78, 5) is 2.33. The highest BCUT2D eigenvalue weighted by Gasteiger charge is 2.11. The van der Waals surface area contributed by atoms with Crippen molar-refractivity contribution in [2.24, 2.45) is 5.73 Å². The quantitative estimate of drug-likeness (QED) is 0.868. The fourth-order valence-electron chi connectivity index (χ4n) is 2.33. The first-order valence-corrected chi connectivity index (χ1v) is 6.84. The van der Waals surface area contributed by atoms with Gasteiger partial charge in [-0.25, -0.2) is 0 Å². The lowest BCUT2D eigenvalue weighted by molar-refractivity contribution is 0.287. The van der Waals surface area contributed by atoms with Crippen LogP contribution in [0.3, 0.4) is 0 Å². The van der Waals surface area contributed by atoms with Gasteiger partial charge in [-0.1, -0.05) is 12.1 Å². The Balaban J connectivity index is 1.93. The van der Waals surface area contributed by atoms with Gasteiger partial charge in [0.15, 0.2) is 0 Å². The second-order valence-corrected chi connectivity index (χ2v) is 5.40. The number of aryl methyl sites for hydroxylation is 1. The lowest BCUT2D eigenvalue weighted by Crippen LogP contribution is -2.25. The first kappa shape index (κ1) is 13.4. The number of ether oxygens (including phenoxy) is 1. The van der Waals surface area contributed by atoms with Crippen molar-refractivity contribution in [3.63, 3.8) is 0 Å².